The summed E-state index contributed by atoms with van der Waals surface area (Å²) < 4.78 is 14.0. The molecular formula is C30H26N6O2. The molecule has 1 saturated carbocycles. The van der Waals surface area contributed by atoms with E-state index in [0.29, 0.717) is 41.3 Å². The maximum absolute atomic E-state index is 9.29. The zero-order valence-corrected chi connectivity index (χ0v) is 20.7. The van der Waals surface area contributed by atoms with Crippen molar-refractivity contribution in [3.63, 3.8) is 0 Å². The number of nitrogens with two attached hydrogens (primary N) is 1. The Balaban J connectivity index is 1.21. The van der Waals surface area contributed by atoms with E-state index in [1.54, 1.807) is 6.07 Å². The number of fused-ring (bicyclic) bond motifs is 1. The van der Waals surface area contributed by atoms with Gasteiger partial charge in [-0.1, -0.05) is 37.1 Å². The van der Waals surface area contributed by atoms with Gasteiger partial charge < -0.3 is 15.2 Å². The number of ether oxygens (including phenoxy) is 2. The summed E-state index contributed by atoms with van der Waals surface area (Å²) in [5, 5.41) is 15.0. The van der Waals surface area contributed by atoms with E-state index < -0.39 is 0 Å². The smallest absolute Gasteiger partial charge is 0.164 e. The van der Waals surface area contributed by atoms with E-state index in [1.165, 1.54) is 19.2 Å². The molecule has 0 amide bonds. The largest absolute Gasteiger partial charge is 0.489 e. The van der Waals surface area contributed by atoms with Crippen LogP contribution >= 0.6 is 0 Å². The summed E-state index contributed by atoms with van der Waals surface area (Å²) in [6.07, 6.45) is 6.10. The van der Waals surface area contributed by atoms with E-state index >= 15 is 0 Å². The minimum Gasteiger partial charge on any atom is -0.489 e. The number of aromatic nitrogens is 4. The fraction of sp³-hybridized carbons (Fsp3) is 0.200. The second kappa shape index (κ2) is 10.2. The number of hydrogen-bond acceptors (Lipinski definition) is 7. The molecular weight excluding hydrogens is 476 g/mol. The van der Waals surface area contributed by atoms with Gasteiger partial charge in [0.1, 0.15) is 41.7 Å². The van der Waals surface area contributed by atoms with Crippen LogP contribution in [0.3, 0.4) is 0 Å². The van der Waals surface area contributed by atoms with Gasteiger partial charge in [0, 0.05) is 17.2 Å². The highest BCUT2D eigenvalue weighted by Crippen LogP contribution is 2.37. The Kier molecular flexibility index (Phi) is 6.32. The minimum absolute atomic E-state index is 0.302. The van der Waals surface area contributed by atoms with E-state index in [2.05, 4.69) is 16.0 Å². The molecule has 188 valence electrons. The first kappa shape index (κ1) is 23.5. The van der Waals surface area contributed by atoms with Crippen LogP contribution in [-0.4, -0.2) is 19.7 Å². The van der Waals surface area contributed by atoms with Gasteiger partial charge in [-0.2, -0.15) is 10.4 Å². The standard InChI is InChI=1S/C30H26N6O2/c31-17-21-6-1-2-7-22(21)18-37-25-10-5-11-26(16-25)38-24-14-12-20(13-15-24)28-27-29(32)33-19-34-30(27)36(35-28)23-8-3-4-9-23/h1-2,5-7,10-16,19,23H,3-4,8-9,18H2,(H2,32,33,34). The number of rotatable bonds is 7. The molecule has 0 aliphatic heterocycles. The monoisotopic (exact) mass is 502 g/mol. The van der Waals surface area contributed by atoms with Crippen LogP contribution in [0.4, 0.5) is 5.82 Å². The van der Waals surface area contributed by atoms with E-state index in [-0.39, 0.29) is 0 Å². The van der Waals surface area contributed by atoms with Crippen molar-refractivity contribution in [2.75, 3.05) is 5.73 Å². The molecule has 2 heterocycles. The molecule has 3 aromatic carbocycles. The molecule has 0 radical (unpaired) electrons. The van der Waals surface area contributed by atoms with Crippen molar-refractivity contribution < 1.29 is 9.47 Å². The highest BCUT2D eigenvalue weighted by Gasteiger charge is 2.24. The van der Waals surface area contributed by atoms with Crippen molar-refractivity contribution in [1.82, 2.24) is 19.7 Å². The van der Waals surface area contributed by atoms with Gasteiger partial charge >= 0.3 is 0 Å². The van der Waals surface area contributed by atoms with E-state index in [4.69, 9.17) is 20.3 Å². The quantitative estimate of drug-likeness (QED) is 0.273. The van der Waals surface area contributed by atoms with Crippen molar-refractivity contribution in [3.8, 4) is 34.6 Å². The Morgan fingerprint density at radius 2 is 1.71 bits per heavy atom. The van der Waals surface area contributed by atoms with Crippen LogP contribution in [0, 0.1) is 11.3 Å². The Morgan fingerprint density at radius 3 is 2.53 bits per heavy atom. The zero-order chi connectivity index (χ0) is 25.9. The van der Waals surface area contributed by atoms with E-state index in [9.17, 15) is 5.26 Å². The van der Waals surface area contributed by atoms with Gasteiger partial charge in [-0.3, -0.25) is 0 Å². The van der Waals surface area contributed by atoms with Gasteiger partial charge in [-0.05, 0) is 55.3 Å². The molecule has 1 aliphatic rings. The molecule has 8 nitrogen and oxygen atoms in total. The van der Waals surface area contributed by atoms with Gasteiger partial charge in [0.2, 0.25) is 0 Å². The van der Waals surface area contributed by atoms with Gasteiger partial charge in [0.25, 0.3) is 0 Å². The lowest BCUT2D eigenvalue weighted by Crippen LogP contribution is -2.07. The topological polar surface area (TPSA) is 112 Å². The van der Waals surface area contributed by atoms with E-state index in [1.807, 2.05) is 71.4 Å². The molecule has 0 bridgehead atoms. The molecule has 2 N–H and O–H groups in total. The summed E-state index contributed by atoms with van der Waals surface area (Å²) in [7, 11) is 0. The van der Waals surface area contributed by atoms with Crippen LogP contribution in [0.25, 0.3) is 22.3 Å². The molecule has 0 atom stereocenters. The average Bonchev–Trinajstić information content (AvgIpc) is 3.62. The van der Waals surface area contributed by atoms with Crippen LogP contribution in [-0.2, 0) is 6.61 Å². The summed E-state index contributed by atoms with van der Waals surface area (Å²) in [6.45, 7) is 0.302. The van der Waals surface area contributed by atoms with Crippen LogP contribution in [0.1, 0.15) is 42.9 Å². The number of nitrogen functional groups attached to an aromatic ring is 1. The number of anilines is 1. The van der Waals surface area contributed by atoms with Gasteiger partial charge in [-0.25, -0.2) is 14.6 Å². The predicted octanol–water partition coefficient (Wildman–Crippen LogP) is 6.43. The van der Waals surface area contributed by atoms with Crippen LogP contribution in [0.2, 0.25) is 0 Å². The number of benzene rings is 3. The van der Waals surface area contributed by atoms with Gasteiger partial charge in [0.15, 0.2) is 5.65 Å². The highest BCUT2D eigenvalue weighted by molar-refractivity contribution is 5.98. The second-order valence-electron chi connectivity index (χ2n) is 9.35. The van der Waals surface area contributed by atoms with Crippen molar-refractivity contribution >= 4 is 16.9 Å². The lowest BCUT2D eigenvalue weighted by Gasteiger charge is -2.11. The number of nitriles is 1. The van der Waals surface area contributed by atoms with Crippen LogP contribution < -0.4 is 15.2 Å². The average molecular weight is 503 g/mol. The molecule has 1 aliphatic carbocycles. The first-order valence-electron chi connectivity index (χ1n) is 12.7. The third-order valence-electron chi connectivity index (χ3n) is 6.89. The fourth-order valence-corrected chi connectivity index (χ4v) is 4.96. The van der Waals surface area contributed by atoms with Crippen LogP contribution in [0.5, 0.6) is 17.2 Å². The van der Waals surface area contributed by atoms with Gasteiger partial charge in [0.05, 0.1) is 23.1 Å². The van der Waals surface area contributed by atoms with Crippen LogP contribution in [0.15, 0.2) is 79.1 Å². The summed E-state index contributed by atoms with van der Waals surface area (Å²) >= 11 is 0. The Bertz CT molecular complexity index is 1630. The molecule has 0 saturated heterocycles. The van der Waals surface area contributed by atoms with Crippen molar-refractivity contribution in [2.45, 2.75) is 38.3 Å². The SMILES string of the molecule is N#Cc1ccccc1COc1cccc(Oc2ccc(-c3nn(C4CCCC4)c4ncnc(N)c34)cc2)c1. The van der Waals surface area contributed by atoms with Crippen molar-refractivity contribution in [3.05, 3.63) is 90.3 Å². The summed E-state index contributed by atoms with van der Waals surface area (Å²) in [4.78, 5) is 8.74. The highest BCUT2D eigenvalue weighted by atomic mass is 16.5. The Labute approximate surface area is 220 Å². The molecule has 5 aromatic rings. The molecule has 8 heteroatoms. The number of nitrogens with zero attached hydrogens (tertiary/aromatic N) is 5. The zero-order valence-electron chi connectivity index (χ0n) is 20.7. The van der Waals surface area contributed by atoms with Gasteiger partial charge in [-0.15, -0.1) is 0 Å². The maximum atomic E-state index is 9.29. The third-order valence-corrected chi connectivity index (χ3v) is 6.89. The second-order valence-corrected chi connectivity index (χ2v) is 9.35. The summed E-state index contributed by atoms with van der Waals surface area (Å²) in [6, 6.07) is 25.2. The lowest BCUT2D eigenvalue weighted by atomic mass is 10.1. The number of hydrogen-bond donors (Lipinski definition) is 1. The predicted molar refractivity (Wildman–Crippen MR) is 145 cm³/mol. The molecule has 0 unspecified atom stereocenters. The van der Waals surface area contributed by atoms with Crippen molar-refractivity contribution in [1.29, 1.82) is 5.26 Å². The Morgan fingerprint density at radius 1 is 0.921 bits per heavy atom. The Hall–Kier alpha value is -4.90. The minimum atomic E-state index is 0.302. The summed E-state index contributed by atoms with van der Waals surface area (Å²) in [5.74, 6) is 2.43. The van der Waals surface area contributed by atoms with E-state index in [0.717, 1.165) is 40.7 Å². The first-order valence-corrected chi connectivity index (χ1v) is 12.7. The fourth-order valence-electron chi connectivity index (χ4n) is 4.96. The molecule has 6 rings (SSSR count). The molecule has 1 fully saturated rings. The molecule has 38 heavy (non-hydrogen) atoms. The molecule has 2 aromatic heterocycles. The normalized spacial score (nSPS) is 13.4. The van der Waals surface area contributed by atoms with Crippen molar-refractivity contribution in [2.24, 2.45) is 0 Å². The lowest BCUT2D eigenvalue weighted by molar-refractivity contribution is 0.304. The molecule has 0 spiro atoms. The maximum Gasteiger partial charge on any atom is 0.164 e. The first-order chi connectivity index (χ1) is 18.7. The third kappa shape index (κ3) is 4.62. The summed E-state index contributed by atoms with van der Waals surface area (Å²) in [5.41, 5.74) is 10.2.